The molecule has 1 rings (SSSR count). The summed E-state index contributed by atoms with van der Waals surface area (Å²) in [5, 5.41) is 3.21. The summed E-state index contributed by atoms with van der Waals surface area (Å²) < 4.78 is 18.0. The standard InChI is InChI=1S/C13H18FNO2/c1-9(2)7-15-8-10-4-5-11(12(14)6-10)13(16)17-3/h4-6,9,15H,7-8H2,1-3H3. The summed E-state index contributed by atoms with van der Waals surface area (Å²) in [6.07, 6.45) is 0. The van der Waals surface area contributed by atoms with E-state index < -0.39 is 11.8 Å². The number of rotatable bonds is 5. The zero-order chi connectivity index (χ0) is 12.8. The lowest BCUT2D eigenvalue weighted by atomic mass is 10.1. The molecule has 0 saturated carbocycles. The van der Waals surface area contributed by atoms with Crippen molar-refractivity contribution >= 4 is 5.97 Å². The molecule has 0 heterocycles. The van der Waals surface area contributed by atoms with E-state index in [0.29, 0.717) is 12.5 Å². The maximum absolute atomic E-state index is 13.5. The molecular formula is C13H18FNO2. The van der Waals surface area contributed by atoms with Crippen LogP contribution in [0.15, 0.2) is 18.2 Å². The number of carbonyl (C=O) groups is 1. The summed E-state index contributed by atoms with van der Waals surface area (Å²) in [4.78, 5) is 11.2. The SMILES string of the molecule is COC(=O)c1ccc(CNCC(C)C)cc1F. The van der Waals surface area contributed by atoms with Crippen LogP contribution in [0.25, 0.3) is 0 Å². The van der Waals surface area contributed by atoms with Crippen LogP contribution in [-0.4, -0.2) is 19.6 Å². The fraction of sp³-hybridized carbons (Fsp3) is 0.462. The first-order valence-corrected chi connectivity index (χ1v) is 5.62. The Morgan fingerprint density at radius 1 is 1.47 bits per heavy atom. The maximum Gasteiger partial charge on any atom is 0.340 e. The van der Waals surface area contributed by atoms with E-state index in [1.807, 2.05) is 0 Å². The van der Waals surface area contributed by atoms with Crippen molar-refractivity contribution < 1.29 is 13.9 Å². The molecule has 17 heavy (non-hydrogen) atoms. The number of methoxy groups -OCH3 is 1. The lowest BCUT2D eigenvalue weighted by molar-refractivity contribution is 0.0595. The first kappa shape index (κ1) is 13.6. The summed E-state index contributed by atoms with van der Waals surface area (Å²) in [6, 6.07) is 4.54. The van der Waals surface area contributed by atoms with Gasteiger partial charge in [0.1, 0.15) is 5.82 Å². The Bertz CT molecular complexity index is 391. The van der Waals surface area contributed by atoms with Crippen LogP contribution in [0.5, 0.6) is 0 Å². The summed E-state index contributed by atoms with van der Waals surface area (Å²) >= 11 is 0. The van der Waals surface area contributed by atoms with E-state index in [9.17, 15) is 9.18 Å². The van der Waals surface area contributed by atoms with Gasteiger partial charge in [0.2, 0.25) is 0 Å². The van der Waals surface area contributed by atoms with E-state index in [1.54, 1.807) is 6.07 Å². The molecule has 0 aromatic heterocycles. The molecule has 0 fully saturated rings. The van der Waals surface area contributed by atoms with Gasteiger partial charge in [-0.3, -0.25) is 0 Å². The smallest absolute Gasteiger partial charge is 0.340 e. The van der Waals surface area contributed by atoms with Crippen molar-refractivity contribution in [3.8, 4) is 0 Å². The molecule has 4 heteroatoms. The van der Waals surface area contributed by atoms with Gasteiger partial charge in [0, 0.05) is 6.54 Å². The number of benzene rings is 1. The molecule has 0 aliphatic rings. The van der Waals surface area contributed by atoms with E-state index in [4.69, 9.17) is 0 Å². The van der Waals surface area contributed by atoms with Gasteiger partial charge >= 0.3 is 5.97 Å². The highest BCUT2D eigenvalue weighted by molar-refractivity contribution is 5.89. The zero-order valence-electron chi connectivity index (χ0n) is 10.4. The van der Waals surface area contributed by atoms with E-state index >= 15 is 0 Å². The molecule has 0 radical (unpaired) electrons. The van der Waals surface area contributed by atoms with Crippen LogP contribution in [0.1, 0.15) is 29.8 Å². The Morgan fingerprint density at radius 2 is 2.18 bits per heavy atom. The zero-order valence-corrected chi connectivity index (χ0v) is 10.4. The van der Waals surface area contributed by atoms with Gasteiger partial charge in [-0.1, -0.05) is 19.9 Å². The Hall–Kier alpha value is -1.42. The largest absolute Gasteiger partial charge is 0.465 e. The Kier molecular flexibility index (Phi) is 5.10. The molecule has 0 saturated heterocycles. The minimum absolute atomic E-state index is 0.0277. The molecule has 0 aliphatic carbocycles. The molecule has 1 aromatic carbocycles. The molecule has 3 nitrogen and oxygen atoms in total. The van der Waals surface area contributed by atoms with Crippen LogP contribution in [0.2, 0.25) is 0 Å². The van der Waals surface area contributed by atoms with Gasteiger partial charge in [0.05, 0.1) is 12.7 Å². The number of hydrogen-bond donors (Lipinski definition) is 1. The summed E-state index contributed by atoms with van der Waals surface area (Å²) in [6.45, 7) is 5.68. The van der Waals surface area contributed by atoms with Gasteiger partial charge < -0.3 is 10.1 Å². The minimum atomic E-state index is -0.649. The fourth-order valence-electron chi connectivity index (χ4n) is 1.45. The lowest BCUT2D eigenvalue weighted by Gasteiger charge is -2.08. The van der Waals surface area contributed by atoms with Crippen molar-refractivity contribution in [2.75, 3.05) is 13.7 Å². The maximum atomic E-state index is 13.5. The monoisotopic (exact) mass is 239 g/mol. The van der Waals surface area contributed by atoms with E-state index in [0.717, 1.165) is 12.1 Å². The topological polar surface area (TPSA) is 38.3 Å². The molecule has 1 aromatic rings. The predicted octanol–water partition coefficient (Wildman–Crippen LogP) is 2.36. The van der Waals surface area contributed by atoms with Crippen LogP contribution in [0.3, 0.4) is 0 Å². The predicted molar refractivity (Wildman–Crippen MR) is 64.3 cm³/mol. The van der Waals surface area contributed by atoms with Gasteiger partial charge in [0.15, 0.2) is 0 Å². The van der Waals surface area contributed by atoms with Crippen molar-refractivity contribution in [1.29, 1.82) is 0 Å². The third-order valence-electron chi connectivity index (χ3n) is 2.32. The quantitative estimate of drug-likeness (QED) is 0.802. The number of halogens is 1. The first-order chi connectivity index (χ1) is 8.04. The van der Waals surface area contributed by atoms with E-state index in [2.05, 4.69) is 23.9 Å². The van der Waals surface area contributed by atoms with Gasteiger partial charge in [0.25, 0.3) is 0 Å². The van der Waals surface area contributed by atoms with Crippen LogP contribution in [0.4, 0.5) is 4.39 Å². The number of carbonyl (C=O) groups excluding carboxylic acids is 1. The van der Waals surface area contributed by atoms with Crippen molar-refractivity contribution in [2.45, 2.75) is 20.4 Å². The Balaban J connectivity index is 2.65. The Labute approximate surface area is 101 Å². The second-order valence-corrected chi connectivity index (χ2v) is 4.33. The number of hydrogen-bond acceptors (Lipinski definition) is 3. The summed E-state index contributed by atoms with van der Waals surface area (Å²) in [5.74, 6) is -0.640. The molecule has 0 unspecified atom stereocenters. The summed E-state index contributed by atoms with van der Waals surface area (Å²) in [5.41, 5.74) is 0.788. The average molecular weight is 239 g/mol. The highest BCUT2D eigenvalue weighted by Gasteiger charge is 2.11. The van der Waals surface area contributed by atoms with Crippen molar-refractivity contribution in [2.24, 2.45) is 5.92 Å². The molecule has 1 N–H and O–H groups in total. The van der Waals surface area contributed by atoms with E-state index in [1.165, 1.54) is 19.2 Å². The molecule has 0 aliphatic heterocycles. The van der Waals surface area contributed by atoms with Crippen LogP contribution >= 0.6 is 0 Å². The average Bonchev–Trinajstić information content (AvgIpc) is 2.28. The molecule has 0 spiro atoms. The molecule has 0 atom stereocenters. The van der Waals surface area contributed by atoms with Gasteiger partial charge in [-0.15, -0.1) is 0 Å². The minimum Gasteiger partial charge on any atom is -0.465 e. The van der Waals surface area contributed by atoms with Gasteiger partial charge in [-0.05, 0) is 30.2 Å². The normalized spacial score (nSPS) is 10.6. The van der Waals surface area contributed by atoms with E-state index in [-0.39, 0.29) is 5.56 Å². The second kappa shape index (κ2) is 6.35. The summed E-state index contributed by atoms with van der Waals surface area (Å²) in [7, 11) is 1.24. The highest BCUT2D eigenvalue weighted by Crippen LogP contribution is 2.11. The molecule has 0 amide bonds. The third-order valence-corrected chi connectivity index (χ3v) is 2.32. The van der Waals surface area contributed by atoms with Crippen LogP contribution in [-0.2, 0) is 11.3 Å². The van der Waals surface area contributed by atoms with Gasteiger partial charge in [-0.2, -0.15) is 0 Å². The molecule has 94 valence electrons. The molecular weight excluding hydrogens is 221 g/mol. The number of nitrogens with one attached hydrogen (secondary N) is 1. The van der Waals surface area contributed by atoms with Crippen molar-refractivity contribution in [1.82, 2.24) is 5.32 Å². The lowest BCUT2D eigenvalue weighted by Crippen LogP contribution is -2.19. The second-order valence-electron chi connectivity index (χ2n) is 4.33. The highest BCUT2D eigenvalue weighted by atomic mass is 19.1. The van der Waals surface area contributed by atoms with Crippen molar-refractivity contribution in [3.05, 3.63) is 35.1 Å². The van der Waals surface area contributed by atoms with Gasteiger partial charge in [-0.25, -0.2) is 9.18 Å². The third kappa shape index (κ3) is 4.15. The number of esters is 1. The molecule has 0 bridgehead atoms. The van der Waals surface area contributed by atoms with Crippen LogP contribution in [0, 0.1) is 11.7 Å². The van der Waals surface area contributed by atoms with Crippen molar-refractivity contribution in [3.63, 3.8) is 0 Å². The Morgan fingerprint density at radius 3 is 2.71 bits per heavy atom. The first-order valence-electron chi connectivity index (χ1n) is 5.62. The number of ether oxygens (including phenoxy) is 1. The fourth-order valence-corrected chi connectivity index (χ4v) is 1.45. The van der Waals surface area contributed by atoms with Crippen LogP contribution < -0.4 is 5.32 Å².